The molecular weight excluding hydrogens is 448 g/mol. The van der Waals surface area contributed by atoms with Crippen LogP contribution in [0.15, 0.2) is 90.1 Å². The van der Waals surface area contributed by atoms with E-state index in [-0.39, 0.29) is 10.8 Å². The number of rotatable bonds is 8. The van der Waals surface area contributed by atoms with Gasteiger partial charge in [-0.1, -0.05) is 30.3 Å². The predicted molar refractivity (Wildman–Crippen MR) is 132 cm³/mol. The summed E-state index contributed by atoms with van der Waals surface area (Å²) in [6, 6.07) is 21.1. The molecule has 34 heavy (non-hydrogen) atoms. The second kappa shape index (κ2) is 9.93. The monoisotopic (exact) mass is 474 g/mol. The largest absolute Gasteiger partial charge is 0.348 e. The van der Waals surface area contributed by atoms with Crippen molar-refractivity contribution in [3.8, 4) is 0 Å². The highest BCUT2D eigenvalue weighted by molar-refractivity contribution is 7.92. The maximum Gasteiger partial charge on any atom is 0.261 e. The van der Waals surface area contributed by atoms with Gasteiger partial charge in [0.15, 0.2) is 0 Å². The quantitative estimate of drug-likeness (QED) is 0.399. The molecular formula is C26H26N4O3S. The van der Waals surface area contributed by atoms with Crippen LogP contribution in [0.2, 0.25) is 0 Å². The van der Waals surface area contributed by atoms with Crippen LogP contribution >= 0.6 is 0 Å². The number of aromatic nitrogens is 2. The Balaban J connectivity index is 1.38. The lowest BCUT2D eigenvalue weighted by molar-refractivity contribution is 0.0951. The summed E-state index contributed by atoms with van der Waals surface area (Å²) in [5.41, 5.74) is 5.02. The third-order valence-electron chi connectivity index (χ3n) is 5.53. The first-order valence-electron chi connectivity index (χ1n) is 10.8. The van der Waals surface area contributed by atoms with Crippen LogP contribution in [0, 0.1) is 13.8 Å². The molecule has 3 aromatic carbocycles. The minimum atomic E-state index is -3.76. The second-order valence-corrected chi connectivity index (χ2v) is 9.82. The van der Waals surface area contributed by atoms with Gasteiger partial charge in [0.25, 0.3) is 15.9 Å². The van der Waals surface area contributed by atoms with Crippen molar-refractivity contribution in [2.45, 2.75) is 31.8 Å². The van der Waals surface area contributed by atoms with E-state index in [2.05, 4.69) is 15.1 Å². The van der Waals surface area contributed by atoms with Crippen LogP contribution in [0.1, 0.15) is 32.6 Å². The molecule has 0 bridgehead atoms. The van der Waals surface area contributed by atoms with Gasteiger partial charge in [-0.2, -0.15) is 5.10 Å². The maximum absolute atomic E-state index is 12.7. The Morgan fingerprint density at radius 2 is 1.68 bits per heavy atom. The normalized spacial score (nSPS) is 11.2. The molecule has 1 aromatic heterocycles. The SMILES string of the molecule is Cc1ccc(NS(=O)(=O)c2ccc(C(=O)NCc3cccc(Cn4cccn4)c3)cc2)cc1C. The third-order valence-corrected chi connectivity index (χ3v) is 6.93. The van der Waals surface area contributed by atoms with Gasteiger partial charge in [-0.05, 0) is 78.6 Å². The van der Waals surface area contributed by atoms with Crippen molar-refractivity contribution in [2.24, 2.45) is 0 Å². The van der Waals surface area contributed by atoms with Gasteiger partial charge in [0, 0.05) is 30.2 Å². The Morgan fingerprint density at radius 3 is 2.38 bits per heavy atom. The van der Waals surface area contributed by atoms with E-state index in [0.29, 0.717) is 24.3 Å². The van der Waals surface area contributed by atoms with Crippen molar-refractivity contribution >= 4 is 21.6 Å². The molecule has 0 unspecified atom stereocenters. The highest BCUT2D eigenvalue weighted by Crippen LogP contribution is 2.19. The number of hydrogen-bond donors (Lipinski definition) is 2. The molecule has 0 aliphatic carbocycles. The molecule has 1 heterocycles. The van der Waals surface area contributed by atoms with Gasteiger partial charge >= 0.3 is 0 Å². The lowest BCUT2D eigenvalue weighted by Crippen LogP contribution is -2.23. The zero-order valence-corrected chi connectivity index (χ0v) is 19.8. The molecule has 0 aliphatic heterocycles. The van der Waals surface area contributed by atoms with Crippen molar-refractivity contribution in [3.05, 3.63) is 113 Å². The highest BCUT2D eigenvalue weighted by atomic mass is 32.2. The van der Waals surface area contributed by atoms with Crippen LogP contribution in [-0.2, 0) is 23.1 Å². The van der Waals surface area contributed by atoms with E-state index in [1.54, 1.807) is 18.3 Å². The number of benzene rings is 3. The van der Waals surface area contributed by atoms with Gasteiger partial charge < -0.3 is 5.32 Å². The maximum atomic E-state index is 12.7. The Bertz CT molecular complexity index is 1400. The number of nitrogens with one attached hydrogen (secondary N) is 2. The van der Waals surface area contributed by atoms with E-state index in [4.69, 9.17) is 0 Å². The van der Waals surface area contributed by atoms with Crippen LogP contribution in [0.4, 0.5) is 5.69 Å². The molecule has 1 amide bonds. The van der Waals surface area contributed by atoms with Gasteiger partial charge in [0.1, 0.15) is 0 Å². The van der Waals surface area contributed by atoms with Gasteiger partial charge in [-0.3, -0.25) is 14.2 Å². The Morgan fingerprint density at radius 1 is 0.912 bits per heavy atom. The van der Waals surface area contributed by atoms with Gasteiger partial charge in [-0.25, -0.2) is 8.42 Å². The zero-order valence-electron chi connectivity index (χ0n) is 19.0. The molecule has 4 aromatic rings. The molecule has 7 nitrogen and oxygen atoms in total. The first-order valence-corrected chi connectivity index (χ1v) is 12.3. The fourth-order valence-corrected chi connectivity index (χ4v) is 4.56. The predicted octanol–water partition coefficient (Wildman–Crippen LogP) is 4.28. The summed E-state index contributed by atoms with van der Waals surface area (Å²) in [6.45, 7) is 4.91. The highest BCUT2D eigenvalue weighted by Gasteiger charge is 2.15. The van der Waals surface area contributed by atoms with E-state index in [9.17, 15) is 13.2 Å². The van der Waals surface area contributed by atoms with Crippen LogP contribution < -0.4 is 10.0 Å². The minimum absolute atomic E-state index is 0.0913. The molecule has 0 spiro atoms. The molecule has 174 valence electrons. The minimum Gasteiger partial charge on any atom is -0.348 e. The summed E-state index contributed by atoms with van der Waals surface area (Å²) in [4.78, 5) is 12.7. The number of carbonyl (C=O) groups excluding carboxylic acids is 1. The first kappa shape index (κ1) is 23.3. The summed E-state index contributed by atoms with van der Waals surface area (Å²) in [5, 5.41) is 7.09. The first-order chi connectivity index (χ1) is 16.3. The van der Waals surface area contributed by atoms with E-state index in [1.165, 1.54) is 24.3 Å². The number of aryl methyl sites for hydroxylation is 2. The average molecular weight is 475 g/mol. The fraction of sp³-hybridized carbons (Fsp3) is 0.154. The van der Waals surface area contributed by atoms with Crippen molar-refractivity contribution in [2.75, 3.05) is 4.72 Å². The lowest BCUT2D eigenvalue weighted by Gasteiger charge is -2.11. The summed E-state index contributed by atoms with van der Waals surface area (Å²) in [6.07, 6.45) is 3.63. The molecule has 4 rings (SSSR count). The number of amides is 1. The van der Waals surface area contributed by atoms with Crippen LogP contribution in [0.5, 0.6) is 0 Å². The van der Waals surface area contributed by atoms with E-state index in [1.807, 2.05) is 61.1 Å². The Hall–Kier alpha value is -3.91. The molecule has 0 fully saturated rings. The van der Waals surface area contributed by atoms with Gasteiger partial charge in [0.2, 0.25) is 0 Å². The molecule has 2 N–H and O–H groups in total. The van der Waals surface area contributed by atoms with Crippen LogP contribution in [-0.4, -0.2) is 24.1 Å². The third kappa shape index (κ3) is 5.71. The summed E-state index contributed by atoms with van der Waals surface area (Å²) >= 11 is 0. The van der Waals surface area contributed by atoms with Crippen molar-refractivity contribution in [1.82, 2.24) is 15.1 Å². The summed E-state index contributed by atoms with van der Waals surface area (Å²) < 4.78 is 29.9. The number of hydrogen-bond acceptors (Lipinski definition) is 4. The van der Waals surface area contributed by atoms with Crippen molar-refractivity contribution < 1.29 is 13.2 Å². The Kier molecular flexibility index (Phi) is 6.79. The molecule has 0 aliphatic rings. The smallest absolute Gasteiger partial charge is 0.261 e. The van der Waals surface area contributed by atoms with Gasteiger partial charge in [0.05, 0.1) is 11.4 Å². The van der Waals surface area contributed by atoms with E-state index < -0.39 is 10.0 Å². The zero-order chi connectivity index (χ0) is 24.1. The van der Waals surface area contributed by atoms with Crippen LogP contribution in [0.3, 0.4) is 0 Å². The summed E-state index contributed by atoms with van der Waals surface area (Å²) in [7, 11) is -3.76. The summed E-state index contributed by atoms with van der Waals surface area (Å²) in [5.74, 6) is -0.274. The molecule has 0 atom stereocenters. The van der Waals surface area contributed by atoms with Crippen LogP contribution in [0.25, 0.3) is 0 Å². The van der Waals surface area contributed by atoms with Gasteiger partial charge in [-0.15, -0.1) is 0 Å². The average Bonchev–Trinajstić information content (AvgIpc) is 3.33. The van der Waals surface area contributed by atoms with Crippen molar-refractivity contribution in [1.29, 1.82) is 0 Å². The second-order valence-electron chi connectivity index (χ2n) is 8.14. The van der Waals surface area contributed by atoms with E-state index >= 15 is 0 Å². The topological polar surface area (TPSA) is 93.1 Å². The molecule has 0 radical (unpaired) electrons. The number of nitrogens with zero attached hydrogens (tertiary/aromatic N) is 2. The Labute approximate surface area is 199 Å². The standard InChI is InChI=1S/C26H26N4O3S/c1-19-7-10-24(15-20(19)2)29-34(32,33)25-11-8-23(9-12-25)26(31)27-17-21-5-3-6-22(16-21)18-30-14-4-13-28-30/h3-16,29H,17-18H2,1-2H3,(H,27,31). The number of anilines is 1. The number of carbonyl (C=O) groups is 1. The van der Waals surface area contributed by atoms with E-state index in [0.717, 1.165) is 22.3 Å². The molecule has 8 heteroatoms. The molecule has 0 saturated carbocycles. The lowest BCUT2D eigenvalue weighted by atomic mass is 10.1. The van der Waals surface area contributed by atoms with Crippen molar-refractivity contribution in [3.63, 3.8) is 0 Å². The number of sulfonamides is 1. The molecule has 0 saturated heterocycles. The fourth-order valence-electron chi connectivity index (χ4n) is 3.51.